The van der Waals surface area contributed by atoms with E-state index < -0.39 is 22.8 Å². The highest BCUT2D eigenvalue weighted by molar-refractivity contribution is 7.99. The maximum atomic E-state index is 12.3. The molecule has 0 N–H and O–H groups in total. The van der Waals surface area contributed by atoms with Gasteiger partial charge in [-0.25, -0.2) is 0 Å². The third kappa shape index (κ3) is 7.13. The summed E-state index contributed by atoms with van der Waals surface area (Å²) in [5.74, 6) is -1.36. The molecule has 0 aliphatic heterocycles. The number of nitrogens with zero attached hydrogens (tertiary/aromatic N) is 2. The quantitative estimate of drug-likeness (QED) is 0.321. The molecule has 0 aliphatic carbocycles. The number of nitro groups is 1. The molecular formula is C16H20N2O8S. The highest BCUT2D eigenvalue weighted by Gasteiger charge is 2.21. The van der Waals surface area contributed by atoms with Crippen LogP contribution >= 0.6 is 11.8 Å². The first kappa shape index (κ1) is 22.2. The molecule has 27 heavy (non-hydrogen) atoms. The Morgan fingerprint density at radius 2 is 1.70 bits per heavy atom. The van der Waals surface area contributed by atoms with Crippen LogP contribution in [0.25, 0.3) is 0 Å². The number of rotatable bonds is 10. The Balaban J connectivity index is 2.70. The number of amides is 1. The molecule has 10 nitrogen and oxygen atoms in total. The van der Waals surface area contributed by atoms with Crippen LogP contribution in [0.3, 0.4) is 0 Å². The Morgan fingerprint density at radius 3 is 2.19 bits per heavy atom. The van der Waals surface area contributed by atoms with Crippen molar-refractivity contribution in [2.75, 3.05) is 40.2 Å². The van der Waals surface area contributed by atoms with Crippen LogP contribution in [-0.2, 0) is 29.6 Å². The van der Waals surface area contributed by atoms with Crippen LogP contribution in [0.4, 0.5) is 5.69 Å². The third-order valence-electron chi connectivity index (χ3n) is 3.38. The summed E-state index contributed by atoms with van der Waals surface area (Å²) in [6.45, 7) is -0.752. The van der Waals surface area contributed by atoms with Crippen LogP contribution in [0.15, 0.2) is 18.2 Å². The van der Waals surface area contributed by atoms with Crippen LogP contribution < -0.4 is 4.74 Å². The fourth-order valence-corrected chi connectivity index (χ4v) is 2.86. The lowest BCUT2D eigenvalue weighted by Crippen LogP contribution is -2.41. The molecule has 0 aromatic heterocycles. The summed E-state index contributed by atoms with van der Waals surface area (Å²) in [6.07, 6.45) is 0. The molecule has 1 rings (SSSR count). The average Bonchev–Trinajstić information content (AvgIpc) is 2.66. The minimum atomic E-state index is -0.664. The van der Waals surface area contributed by atoms with Gasteiger partial charge in [0.05, 0.1) is 32.0 Å². The molecule has 0 unspecified atom stereocenters. The zero-order valence-corrected chi connectivity index (χ0v) is 15.9. The molecule has 0 saturated heterocycles. The average molecular weight is 400 g/mol. The van der Waals surface area contributed by atoms with Crippen LogP contribution in [-0.4, -0.2) is 67.8 Å². The van der Waals surface area contributed by atoms with E-state index in [1.165, 1.54) is 45.2 Å². The first-order valence-corrected chi connectivity index (χ1v) is 8.78. The van der Waals surface area contributed by atoms with Gasteiger partial charge in [-0.3, -0.25) is 24.5 Å². The van der Waals surface area contributed by atoms with E-state index in [9.17, 15) is 24.5 Å². The summed E-state index contributed by atoms with van der Waals surface area (Å²) in [7, 11) is 3.69. The van der Waals surface area contributed by atoms with Gasteiger partial charge in [0.2, 0.25) is 5.91 Å². The number of carbonyl (C=O) groups excluding carboxylic acids is 3. The normalized spacial score (nSPS) is 10.0. The molecule has 1 amide bonds. The van der Waals surface area contributed by atoms with E-state index in [1.54, 1.807) is 6.07 Å². The van der Waals surface area contributed by atoms with E-state index in [2.05, 4.69) is 9.47 Å². The first-order chi connectivity index (χ1) is 12.8. The highest BCUT2D eigenvalue weighted by atomic mass is 32.2. The lowest BCUT2D eigenvalue weighted by Gasteiger charge is -2.19. The number of hydrogen-bond donors (Lipinski definition) is 0. The van der Waals surface area contributed by atoms with Gasteiger partial charge in [0.25, 0.3) is 0 Å². The number of esters is 2. The molecule has 0 atom stereocenters. The van der Waals surface area contributed by atoms with Crippen molar-refractivity contribution < 1.29 is 33.5 Å². The van der Waals surface area contributed by atoms with E-state index in [0.29, 0.717) is 11.3 Å². The van der Waals surface area contributed by atoms with Crippen molar-refractivity contribution in [1.29, 1.82) is 0 Å². The van der Waals surface area contributed by atoms with Crippen molar-refractivity contribution in [3.8, 4) is 5.75 Å². The molecule has 0 heterocycles. The van der Waals surface area contributed by atoms with Crippen LogP contribution in [0.1, 0.15) is 5.56 Å². The summed E-state index contributed by atoms with van der Waals surface area (Å²) >= 11 is 1.19. The molecule has 148 valence electrons. The van der Waals surface area contributed by atoms with Gasteiger partial charge in [-0.2, -0.15) is 0 Å². The summed E-state index contributed by atoms with van der Waals surface area (Å²) in [4.78, 5) is 46.6. The molecule has 0 bridgehead atoms. The number of nitro benzene ring substituents is 1. The lowest BCUT2D eigenvalue weighted by atomic mass is 10.2. The number of carbonyl (C=O) groups is 3. The standard InChI is InChI=1S/C16H20N2O8S/c1-24-13-5-4-11(6-12(13)18(22)23)9-27-10-14(19)17(7-15(20)25-2)8-16(21)26-3/h4-6H,7-10H2,1-3H3. The summed E-state index contributed by atoms with van der Waals surface area (Å²) in [5, 5.41) is 11.0. The highest BCUT2D eigenvalue weighted by Crippen LogP contribution is 2.29. The Labute approximate surface area is 159 Å². The molecule has 0 fully saturated rings. The van der Waals surface area contributed by atoms with Gasteiger partial charge in [-0.05, 0) is 11.6 Å². The van der Waals surface area contributed by atoms with E-state index in [-0.39, 0.29) is 30.3 Å². The smallest absolute Gasteiger partial charge is 0.325 e. The predicted octanol–water partition coefficient (Wildman–Crippen LogP) is 1.01. The zero-order chi connectivity index (χ0) is 20.4. The van der Waals surface area contributed by atoms with Crippen LogP contribution in [0, 0.1) is 10.1 Å². The molecule has 1 aromatic rings. The molecule has 0 spiro atoms. The number of thioether (sulfide) groups is 1. The maximum Gasteiger partial charge on any atom is 0.325 e. The fourth-order valence-electron chi connectivity index (χ4n) is 1.99. The monoisotopic (exact) mass is 400 g/mol. The Kier molecular flexibility index (Phi) is 9.06. The molecule has 1 aromatic carbocycles. The van der Waals surface area contributed by atoms with Gasteiger partial charge in [0.1, 0.15) is 13.1 Å². The van der Waals surface area contributed by atoms with Crippen molar-refractivity contribution in [3.05, 3.63) is 33.9 Å². The lowest BCUT2D eigenvalue weighted by molar-refractivity contribution is -0.385. The fraction of sp³-hybridized carbons (Fsp3) is 0.438. The van der Waals surface area contributed by atoms with E-state index in [1.807, 2.05) is 0 Å². The molecule has 11 heteroatoms. The summed E-state index contributed by atoms with van der Waals surface area (Å²) in [5.41, 5.74) is 0.465. The number of methoxy groups -OCH3 is 3. The van der Waals surface area contributed by atoms with Gasteiger partial charge in [-0.1, -0.05) is 6.07 Å². The molecule has 0 saturated carbocycles. The largest absolute Gasteiger partial charge is 0.490 e. The number of ether oxygens (including phenoxy) is 3. The van der Waals surface area contributed by atoms with Gasteiger partial charge in [0, 0.05) is 11.8 Å². The Bertz CT molecular complexity index is 692. The SMILES string of the molecule is COC(=O)CN(CC(=O)OC)C(=O)CSCc1ccc(OC)c([N+](=O)[O-])c1. The van der Waals surface area contributed by atoms with Crippen LogP contribution in [0.2, 0.25) is 0 Å². The molecular weight excluding hydrogens is 380 g/mol. The second-order valence-corrected chi connectivity index (χ2v) is 6.14. The molecule has 0 radical (unpaired) electrons. The molecule has 0 aliphatic rings. The topological polar surface area (TPSA) is 125 Å². The second kappa shape index (κ2) is 11.0. The van der Waals surface area contributed by atoms with Gasteiger partial charge >= 0.3 is 17.6 Å². The van der Waals surface area contributed by atoms with E-state index in [4.69, 9.17) is 4.74 Å². The predicted molar refractivity (Wildman–Crippen MR) is 96.4 cm³/mol. The van der Waals surface area contributed by atoms with Crippen molar-refractivity contribution in [2.45, 2.75) is 5.75 Å². The first-order valence-electron chi connectivity index (χ1n) is 7.62. The summed E-state index contributed by atoms with van der Waals surface area (Å²) in [6, 6.07) is 4.51. The van der Waals surface area contributed by atoms with Gasteiger partial charge < -0.3 is 19.1 Å². The van der Waals surface area contributed by atoms with E-state index in [0.717, 1.165) is 4.90 Å². The zero-order valence-electron chi connectivity index (χ0n) is 15.1. The van der Waals surface area contributed by atoms with Crippen molar-refractivity contribution in [1.82, 2.24) is 4.90 Å². The van der Waals surface area contributed by atoms with Gasteiger partial charge in [-0.15, -0.1) is 11.8 Å². The van der Waals surface area contributed by atoms with Crippen molar-refractivity contribution >= 4 is 35.3 Å². The Morgan fingerprint density at radius 1 is 1.11 bits per heavy atom. The second-order valence-electron chi connectivity index (χ2n) is 5.16. The third-order valence-corrected chi connectivity index (χ3v) is 4.37. The van der Waals surface area contributed by atoms with Crippen molar-refractivity contribution in [2.24, 2.45) is 0 Å². The number of hydrogen-bond acceptors (Lipinski definition) is 9. The minimum absolute atomic E-state index is 0.0339. The minimum Gasteiger partial charge on any atom is -0.490 e. The van der Waals surface area contributed by atoms with Crippen LogP contribution in [0.5, 0.6) is 5.75 Å². The van der Waals surface area contributed by atoms with E-state index >= 15 is 0 Å². The summed E-state index contributed by atoms with van der Waals surface area (Å²) < 4.78 is 14.0. The maximum absolute atomic E-state index is 12.3. The Hall–Kier alpha value is -2.82. The van der Waals surface area contributed by atoms with Crippen molar-refractivity contribution in [3.63, 3.8) is 0 Å². The van der Waals surface area contributed by atoms with Gasteiger partial charge in [0.15, 0.2) is 5.75 Å². The number of benzene rings is 1.